The van der Waals surface area contributed by atoms with Crippen LogP contribution in [0.5, 0.6) is 11.5 Å². The monoisotopic (exact) mass is 226 g/mol. The van der Waals surface area contributed by atoms with Crippen LogP contribution in [0.2, 0.25) is 5.02 Å². The van der Waals surface area contributed by atoms with Gasteiger partial charge < -0.3 is 15.2 Å². The third kappa shape index (κ3) is 1.41. The Balaban J connectivity index is 3.05. The number of halogens is 1. The van der Waals surface area contributed by atoms with Crippen LogP contribution in [0.4, 0.5) is 0 Å². The largest absolute Gasteiger partial charge is 0.504 e. The van der Waals surface area contributed by atoms with Gasteiger partial charge in [0.05, 0.1) is 5.39 Å². The fourth-order valence-corrected chi connectivity index (χ4v) is 1.57. The molecule has 0 fully saturated rings. The summed E-state index contributed by atoms with van der Waals surface area (Å²) in [6, 6.07) is 1.13. The highest BCUT2D eigenvalue weighted by Crippen LogP contribution is 2.37. The summed E-state index contributed by atoms with van der Waals surface area (Å²) in [6.07, 6.45) is 0. The summed E-state index contributed by atoms with van der Waals surface area (Å²) < 4.78 is 0. The topological polar surface area (TPSA) is 86.2 Å². The second-order valence-electron chi connectivity index (χ2n) is 3.11. The molecular weight excluding hydrogens is 220 g/mol. The van der Waals surface area contributed by atoms with Gasteiger partial charge in [0, 0.05) is 0 Å². The number of aromatic hydroxyl groups is 2. The molecule has 2 aromatic rings. The van der Waals surface area contributed by atoms with Crippen molar-refractivity contribution in [2.75, 3.05) is 0 Å². The lowest BCUT2D eigenvalue weighted by atomic mass is 10.2. The molecule has 0 aliphatic rings. The number of hydrogen-bond acceptors (Lipinski definition) is 4. The van der Waals surface area contributed by atoms with E-state index in [0.717, 1.165) is 6.07 Å². The lowest BCUT2D eigenvalue weighted by molar-refractivity contribution is 0.405. The molecule has 0 aliphatic carbocycles. The molecule has 0 radical (unpaired) electrons. The van der Waals surface area contributed by atoms with Crippen LogP contribution in [-0.4, -0.2) is 20.2 Å². The minimum absolute atomic E-state index is 0.126. The van der Waals surface area contributed by atoms with Gasteiger partial charge in [0.1, 0.15) is 16.4 Å². The first kappa shape index (κ1) is 9.79. The summed E-state index contributed by atoms with van der Waals surface area (Å²) in [6.45, 7) is 1.60. The van der Waals surface area contributed by atoms with Crippen molar-refractivity contribution < 1.29 is 10.2 Å². The van der Waals surface area contributed by atoms with Gasteiger partial charge in [0.2, 0.25) is 0 Å². The Morgan fingerprint density at radius 2 is 2.13 bits per heavy atom. The molecule has 0 saturated heterocycles. The highest BCUT2D eigenvalue weighted by molar-refractivity contribution is 6.36. The number of aromatic nitrogens is 2. The third-order valence-corrected chi connectivity index (χ3v) is 2.37. The van der Waals surface area contributed by atoms with Gasteiger partial charge in [0.25, 0.3) is 5.56 Å². The number of benzene rings is 1. The molecule has 0 bridgehead atoms. The summed E-state index contributed by atoms with van der Waals surface area (Å²) in [5.41, 5.74) is -0.233. The normalized spacial score (nSPS) is 10.8. The van der Waals surface area contributed by atoms with Gasteiger partial charge in [-0.1, -0.05) is 11.6 Å². The van der Waals surface area contributed by atoms with Crippen LogP contribution in [0.25, 0.3) is 10.9 Å². The van der Waals surface area contributed by atoms with Crippen molar-refractivity contribution in [3.8, 4) is 11.5 Å². The van der Waals surface area contributed by atoms with Crippen LogP contribution in [-0.2, 0) is 0 Å². The molecule has 5 nitrogen and oxygen atoms in total. The fourth-order valence-electron chi connectivity index (χ4n) is 1.33. The van der Waals surface area contributed by atoms with Gasteiger partial charge >= 0.3 is 0 Å². The van der Waals surface area contributed by atoms with E-state index in [-0.39, 0.29) is 15.9 Å². The minimum Gasteiger partial charge on any atom is -0.504 e. The molecule has 1 heterocycles. The van der Waals surface area contributed by atoms with E-state index in [1.165, 1.54) is 0 Å². The molecule has 78 valence electrons. The van der Waals surface area contributed by atoms with Crippen molar-refractivity contribution in [3.63, 3.8) is 0 Å². The van der Waals surface area contributed by atoms with Gasteiger partial charge in [-0.25, -0.2) is 4.98 Å². The number of H-pyrrole nitrogens is 1. The first-order chi connectivity index (χ1) is 7.00. The molecule has 2 rings (SSSR count). The van der Waals surface area contributed by atoms with E-state index in [2.05, 4.69) is 9.97 Å². The fraction of sp³-hybridized carbons (Fsp3) is 0.111. The van der Waals surface area contributed by atoms with E-state index >= 15 is 0 Å². The highest BCUT2D eigenvalue weighted by atomic mass is 35.5. The van der Waals surface area contributed by atoms with Gasteiger partial charge in [-0.05, 0) is 13.0 Å². The summed E-state index contributed by atoms with van der Waals surface area (Å²) in [4.78, 5) is 17.9. The maximum absolute atomic E-state index is 11.5. The van der Waals surface area contributed by atoms with Gasteiger partial charge in [-0.2, -0.15) is 0 Å². The Morgan fingerprint density at radius 3 is 2.80 bits per heavy atom. The molecule has 0 spiro atoms. The summed E-state index contributed by atoms with van der Waals surface area (Å²) in [5, 5.41) is 18.6. The number of nitrogens with zero attached hydrogens (tertiary/aromatic N) is 1. The van der Waals surface area contributed by atoms with Crippen LogP contribution >= 0.6 is 11.6 Å². The second-order valence-corrected chi connectivity index (χ2v) is 3.48. The van der Waals surface area contributed by atoms with Crippen molar-refractivity contribution in [1.82, 2.24) is 9.97 Å². The molecule has 0 amide bonds. The SMILES string of the molecule is Cc1nc2c(Cl)c(O)c(O)cc2c(=O)[nH]1. The molecule has 0 unspecified atom stereocenters. The number of phenolic OH excluding ortho intramolecular Hbond substituents is 2. The van der Waals surface area contributed by atoms with E-state index in [0.29, 0.717) is 5.82 Å². The smallest absolute Gasteiger partial charge is 0.258 e. The molecular formula is C9H7ClN2O3. The third-order valence-electron chi connectivity index (χ3n) is 2.01. The number of hydrogen-bond donors (Lipinski definition) is 3. The molecule has 1 aromatic carbocycles. The molecule has 0 saturated carbocycles. The highest BCUT2D eigenvalue weighted by Gasteiger charge is 2.13. The van der Waals surface area contributed by atoms with E-state index < -0.39 is 17.1 Å². The zero-order valence-corrected chi connectivity index (χ0v) is 8.46. The molecule has 0 aliphatic heterocycles. The number of aromatic amines is 1. The van der Waals surface area contributed by atoms with Gasteiger partial charge in [-0.15, -0.1) is 0 Å². The van der Waals surface area contributed by atoms with Crippen molar-refractivity contribution in [3.05, 3.63) is 27.3 Å². The number of fused-ring (bicyclic) bond motifs is 1. The Bertz CT molecular complexity index is 606. The summed E-state index contributed by atoms with van der Waals surface area (Å²) in [5.74, 6) is -0.523. The van der Waals surface area contributed by atoms with Crippen LogP contribution in [0.15, 0.2) is 10.9 Å². The average Bonchev–Trinajstić information content (AvgIpc) is 2.17. The maximum atomic E-state index is 11.5. The van der Waals surface area contributed by atoms with Gasteiger partial charge in [-0.3, -0.25) is 4.79 Å². The Labute approximate surface area is 89.0 Å². The Morgan fingerprint density at radius 1 is 1.47 bits per heavy atom. The number of nitrogens with one attached hydrogen (secondary N) is 1. The predicted octanol–water partition coefficient (Wildman–Crippen LogP) is 1.30. The van der Waals surface area contributed by atoms with Crippen molar-refractivity contribution in [2.45, 2.75) is 6.92 Å². The Kier molecular flexibility index (Phi) is 2.04. The maximum Gasteiger partial charge on any atom is 0.258 e. The van der Waals surface area contributed by atoms with Crippen LogP contribution < -0.4 is 5.56 Å². The van der Waals surface area contributed by atoms with Crippen molar-refractivity contribution >= 4 is 22.5 Å². The quantitative estimate of drug-likeness (QED) is 0.591. The minimum atomic E-state index is -0.471. The molecule has 3 N–H and O–H groups in total. The van der Waals surface area contributed by atoms with Crippen molar-refractivity contribution in [1.29, 1.82) is 0 Å². The zero-order valence-electron chi connectivity index (χ0n) is 7.71. The molecule has 6 heteroatoms. The number of rotatable bonds is 0. The van der Waals surface area contributed by atoms with E-state index in [1.807, 2.05) is 0 Å². The summed E-state index contributed by atoms with van der Waals surface area (Å²) in [7, 11) is 0. The predicted molar refractivity (Wildman–Crippen MR) is 55.4 cm³/mol. The zero-order chi connectivity index (χ0) is 11.2. The first-order valence-electron chi connectivity index (χ1n) is 4.11. The first-order valence-corrected chi connectivity index (χ1v) is 4.49. The molecule has 1 aromatic heterocycles. The van der Waals surface area contributed by atoms with Crippen LogP contribution in [0.3, 0.4) is 0 Å². The van der Waals surface area contributed by atoms with E-state index in [4.69, 9.17) is 11.6 Å². The van der Waals surface area contributed by atoms with E-state index in [9.17, 15) is 15.0 Å². The standard InChI is InChI=1S/C9H7ClN2O3/c1-3-11-7-4(9(15)12-3)2-5(13)8(14)6(7)10/h2,13-14H,1H3,(H,11,12,15). The molecule has 15 heavy (non-hydrogen) atoms. The van der Waals surface area contributed by atoms with Gasteiger partial charge in [0.15, 0.2) is 11.5 Å². The lowest BCUT2D eigenvalue weighted by Crippen LogP contribution is -2.09. The average molecular weight is 227 g/mol. The molecule has 0 atom stereocenters. The van der Waals surface area contributed by atoms with Crippen LogP contribution in [0, 0.1) is 6.92 Å². The van der Waals surface area contributed by atoms with E-state index in [1.54, 1.807) is 6.92 Å². The second kappa shape index (κ2) is 3.13. The van der Waals surface area contributed by atoms with Crippen LogP contribution in [0.1, 0.15) is 5.82 Å². The Hall–Kier alpha value is -1.75. The van der Waals surface area contributed by atoms with Crippen molar-refractivity contribution in [2.24, 2.45) is 0 Å². The number of aryl methyl sites for hydroxylation is 1. The number of phenols is 2. The summed E-state index contributed by atoms with van der Waals surface area (Å²) >= 11 is 5.75. The lowest BCUT2D eigenvalue weighted by Gasteiger charge is -2.04.